The third-order valence-electron chi connectivity index (χ3n) is 3.67. The van der Waals surface area contributed by atoms with Crippen LogP contribution in [0.2, 0.25) is 0 Å². The highest BCUT2D eigenvalue weighted by molar-refractivity contribution is 8.26. The number of thioether (sulfide) groups is 1. The Balaban J connectivity index is 1.86. The topological polar surface area (TPSA) is 78.1 Å². The third-order valence-corrected chi connectivity index (χ3v) is 4.64. The van der Waals surface area contributed by atoms with Gasteiger partial charge in [0.1, 0.15) is 10.8 Å². The van der Waals surface area contributed by atoms with E-state index in [-0.39, 0.29) is 11.4 Å². The van der Waals surface area contributed by atoms with Crippen LogP contribution in [-0.4, -0.2) is 34.1 Å². The number of amidine groups is 2. The van der Waals surface area contributed by atoms with Crippen molar-refractivity contribution in [1.82, 2.24) is 5.01 Å². The number of ether oxygens (including phenoxy) is 1. The van der Waals surface area contributed by atoms with Gasteiger partial charge >= 0.3 is 0 Å². The maximum absolute atomic E-state index is 12.3. The van der Waals surface area contributed by atoms with E-state index in [1.165, 1.54) is 16.8 Å². The van der Waals surface area contributed by atoms with Crippen molar-refractivity contribution in [1.29, 1.82) is 5.41 Å². The highest BCUT2D eigenvalue weighted by atomic mass is 32.2. The lowest BCUT2D eigenvalue weighted by molar-refractivity contribution is -0.114. The Morgan fingerprint density at radius 3 is 2.75 bits per heavy atom. The molecule has 1 amide bonds. The summed E-state index contributed by atoms with van der Waals surface area (Å²) in [6.45, 7) is 2.12. The zero-order chi connectivity index (χ0) is 17.1. The van der Waals surface area contributed by atoms with E-state index in [0.29, 0.717) is 5.17 Å². The molecule has 6 nitrogen and oxygen atoms in total. The van der Waals surface area contributed by atoms with Crippen LogP contribution in [0.15, 0.2) is 39.9 Å². The average Bonchev–Trinajstić information content (AvgIpc) is 3.00. The fourth-order valence-corrected chi connectivity index (χ4v) is 3.25. The van der Waals surface area contributed by atoms with Crippen molar-refractivity contribution in [2.24, 2.45) is 10.1 Å². The molecule has 2 aliphatic rings. The average molecular weight is 342 g/mol. The van der Waals surface area contributed by atoms with Crippen molar-refractivity contribution in [3.63, 3.8) is 0 Å². The van der Waals surface area contributed by atoms with E-state index in [0.717, 1.165) is 35.6 Å². The summed E-state index contributed by atoms with van der Waals surface area (Å²) in [5.74, 6) is 0.407. The molecule has 2 heterocycles. The SMILES string of the molecule is CCCCC1=NN2C(=N)/C(=C/c3ccc(OC)cc3)C(=O)N=C2S1. The number of hydrogen-bond donors (Lipinski definition) is 1. The molecule has 1 aromatic rings. The molecule has 1 aromatic carbocycles. The summed E-state index contributed by atoms with van der Waals surface area (Å²) in [4.78, 5) is 16.4. The van der Waals surface area contributed by atoms with Crippen molar-refractivity contribution in [2.45, 2.75) is 26.2 Å². The number of carbonyl (C=O) groups excluding carboxylic acids is 1. The number of unbranched alkanes of at least 4 members (excludes halogenated alkanes) is 1. The Bertz CT molecular complexity index is 765. The normalized spacial score (nSPS) is 18.6. The van der Waals surface area contributed by atoms with Gasteiger partial charge in [0.2, 0.25) is 5.17 Å². The number of carbonyl (C=O) groups is 1. The van der Waals surface area contributed by atoms with Crippen LogP contribution in [0.1, 0.15) is 31.7 Å². The van der Waals surface area contributed by atoms with E-state index >= 15 is 0 Å². The number of benzene rings is 1. The molecule has 0 bridgehead atoms. The van der Waals surface area contributed by atoms with Gasteiger partial charge in [-0.25, -0.2) is 0 Å². The predicted octanol–water partition coefficient (Wildman–Crippen LogP) is 3.50. The monoisotopic (exact) mass is 342 g/mol. The molecule has 0 fully saturated rings. The minimum Gasteiger partial charge on any atom is -0.497 e. The number of rotatable bonds is 5. The number of fused-ring (bicyclic) bond motifs is 1. The molecule has 0 aromatic heterocycles. The van der Waals surface area contributed by atoms with Crippen LogP contribution in [0.3, 0.4) is 0 Å². The molecule has 0 saturated carbocycles. The van der Waals surface area contributed by atoms with Gasteiger partial charge in [-0.2, -0.15) is 15.1 Å². The van der Waals surface area contributed by atoms with Gasteiger partial charge in [0.05, 0.1) is 12.7 Å². The number of aliphatic imine (C=N–C) groups is 1. The first-order valence-corrected chi connectivity index (χ1v) is 8.57. The van der Waals surface area contributed by atoms with Gasteiger partial charge in [-0.3, -0.25) is 10.2 Å². The Hall–Kier alpha value is -2.41. The van der Waals surface area contributed by atoms with Crippen LogP contribution in [-0.2, 0) is 4.79 Å². The lowest BCUT2D eigenvalue weighted by atomic mass is 10.1. The van der Waals surface area contributed by atoms with Gasteiger partial charge in [-0.1, -0.05) is 25.5 Å². The molecule has 1 N–H and O–H groups in total. The molecule has 0 saturated heterocycles. The lowest BCUT2D eigenvalue weighted by Crippen LogP contribution is -2.35. The minimum absolute atomic E-state index is 0.0693. The van der Waals surface area contributed by atoms with Crippen LogP contribution in [0.4, 0.5) is 0 Å². The maximum atomic E-state index is 12.3. The van der Waals surface area contributed by atoms with E-state index in [2.05, 4.69) is 17.0 Å². The van der Waals surface area contributed by atoms with E-state index in [1.54, 1.807) is 13.2 Å². The molecule has 0 atom stereocenters. The predicted molar refractivity (Wildman–Crippen MR) is 97.5 cm³/mol. The molecule has 24 heavy (non-hydrogen) atoms. The first kappa shape index (κ1) is 16.4. The summed E-state index contributed by atoms with van der Waals surface area (Å²) in [6.07, 6.45) is 4.61. The molecule has 0 unspecified atom stereocenters. The first-order valence-electron chi connectivity index (χ1n) is 7.75. The summed E-state index contributed by atoms with van der Waals surface area (Å²) in [6, 6.07) is 7.29. The van der Waals surface area contributed by atoms with Crippen LogP contribution < -0.4 is 4.74 Å². The van der Waals surface area contributed by atoms with Crippen molar-refractivity contribution in [3.05, 3.63) is 35.4 Å². The van der Waals surface area contributed by atoms with E-state index in [9.17, 15) is 4.79 Å². The molecule has 0 aliphatic carbocycles. The third kappa shape index (κ3) is 3.26. The van der Waals surface area contributed by atoms with Gasteiger partial charge in [0, 0.05) is 0 Å². The van der Waals surface area contributed by atoms with Crippen molar-refractivity contribution in [3.8, 4) is 5.75 Å². The largest absolute Gasteiger partial charge is 0.497 e. The van der Waals surface area contributed by atoms with Crippen LogP contribution in [0, 0.1) is 5.41 Å². The second-order valence-electron chi connectivity index (χ2n) is 5.39. The highest BCUT2D eigenvalue weighted by Crippen LogP contribution is 2.30. The number of hydrogen-bond acceptors (Lipinski definition) is 5. The van der Waals surface area contributed by atoms with Crippen molar-refractivity contribution in [2.75, 3.05) is 7.11 Å². The van der Waals surface area contributed by atoms with Gasteiger partial charge in [-0.05, 0) is 48.4 Å². The van der Waals surface area contributed by atoms with E-state index < -0.39 is 5.91 Å². The van der Waals surface area contributed by atoms with Crippen LogP contribution >= 0.6 is 11.8 Å². The van der Waals surface area contributed by atoms with Gasteiger partial charge < -0.3 is 4.74 Å². The Kier molecular flexibility index (Phi) is 4.80. The number of methoxy groups -OCH3 is 1. The minimum atomic E-state index is -0.401. The molecular weight excluding hydrogens is 324 g/mol. The summed E-state index contributed by atoms with van der Waals surface area (Å²) in [5, 5.41) is 15.6. The van der Waals surface area contributed by atoms with E-state index in [4.69, 9.17) is 10.1 Å². The maximum Gasteiger partial charge on any atom is 0.283 e. The smallest absolute Gasteiger partial charge is 0.283 e. The molecule has 2 aliphatic heterocycles. The quantitative estimate of drug-likeness (QED) is 0.831. The fourth-order valence-electron chi connectivity index (χ4n) is 2.33. The first-order chi connectivity index (χ1) is 11.6. The lowest BCUT2D eigenvalue weighted by Gasteiger charge is -2.20. The highest BCUT2D eigenvalue weighted by Gasteiger charge is 2.35. The summed E-state index contributed by atoms with van der Waals surface area (Å²) < 4.78 is 5.12. The summed E-state index contributed by atoms with van der Waals surface area (Å²) in [5.41, 5.74) is 1.05. The zero-order valence-electron chi connectivity index (χ0n) is 13.6. The molecule has 0 radical (unpaired) electrons. The summed E-state index contributed by atoms with van der Waals surface area (Å²) in [7, 11) is 1.60. The zero-order valence-corrected chi connectivity index (χ0v) is 14.4. The Morgan fingerprint density at radius 1 is 1.33 bits per heavy atom. The molecule has 3 rings (SSSR count). The summed E-state index contributed by atoms with van der Waals surface area (Å²) >= 11 is 1.38. The molecule has 0 spiro atoms. The standard InChI is InChI=1S/C17H18N4O2S/c1-3-4-5-14-20-21-15(18)13(16(22)19-17(21)24-14)10-11-6-8-12(23-2)9-7-11/h6-10,18H,3-5H2,1-2H3/b13-10-,18-15?. The number of amides is 1. The fraction of sp³-hybridized carbons (Fsp3) is 0.294. The molecular formula is C17H18N4O2S. The molecule has 124 valence electrons. The van der Waals surface area contributed by atoms with Gasteiger partial charge in [-0.15, -0.1) is 0 Å². The Labute approximate surface area is 144 Å². The van der Waals surface area contributed by atoms with Crippen molar-refractivity contribution < 1.29 is 9.53 Å². The second kappa shape index (κ2) is 7.00. The molecule has 7 heteroatoms. The number of hydrazone groups is 1. The van der Waals surface area contributed by atoms with Gasteiger partial charge in [0.15, 0.2) is 5.84 Å². The van der Waals surface area contributed by atoms with Gasteiger partial charge in [0.25, 0.3) is 5.91 Å². The van der Waals surface area contributed by atoms with Crippen molar-refractivity contribution >= 4 is 39.8 Å². The second-order valence-corrected chi connectivity index (χ2v) is 6.43. The number of nitrogens with one attached hydrogen (secondary N) is 1. The van der Waals surface area contributed by atoms with Crippen LogP contribution in [0.5, 0.6) is 5.75 Å². The Morgan fingerprint density at radius 2 is 2.08 bits per heavy atom. The van der Waals surface area contributed by atoms with Crippen LogP contribution in [0.25, 0.3) is 6.08 Å². The number of nitrogens with zero attached hydrogens (tertiary/aromatic N) is 3. The van der Waals surface area contributed by atoms with E-state index in [1.807, 2.05) is 24.3 Å².